The molecule has 0 unspecified atom stereocenters. The number of aromatic nitrogens is 2. The van der Waals surface area contributed by atoms with E-state index >= 15 is 0 Å². The van der Waals surface area contributed by atoms with Gasteiger partial charge >= 0.3 is 6.09 Å². The van der Waals surface area contributed by atoms with E-state index in [-0.39, 0.29) is 0 Å². The predicted octanol–water partition coefficient (Wildman–Crippen LogP) is 2.97. The van der Waals surface area contributed by atoms with E-state index in [4.69, 9.17) is 4.84 Å². The van der Waals surface area contributed by atoms with Crippen LogP contribution in [0.3, 0.4) is 0 Å². The lowest BCUT2D eigenvalue weighted by atomic mass is 10.3. The van der Waals surface area contributed by atoms with E-state index in [0.29, 0.717) is 0 Å². The van der Waals surface area contributed by atoms with Crippen LogP contribution < -0.4 is 9.74 Å². The Morgan fingerprint density at radius 2 is 1.95 bits per heavy atom. The first-order chi connectivity index (χ1) is 10.2. The maximum absolute atomic E-state index is 12.1. The molecule has 6 heteroatoms. The summed E-state index contributed by atoms with van der Waals surface area (Å²) in [6.07, 6.45) is 7.00. The molecule has 1 amide bonds. The number of allylic oxidation sites excluding steroid dienone is 2. The maximum atomic E-state index is 12.1. The Bertz CT molecular complexity index is 682. The molecule has 2 heterocycles. The van der Waals surface area contributed by atoms with Crippen LogP contribution in [0.1, 0.15) is 0 Å². The topological polar surface area (TPSA) is 47.4 Å². The summed E-state index contributed by atoms with van der Waals surface area (Å²) in [5.74, 6) is 0. The third-order valence-electron chi connectivity index (χ3n) is 3.04. The van der Waals surface area contributed by atoms with Crippen molar-refractivity contribution in [1.82, 2.24) is 9.94 Å². The predicted molar refractivity (Wildman–Crippen MR) is 84.6 cm³/mol. The summed E-state index contributed by atoms with van der Waals surface area (Å²) in [5.41, 5.74) is 0.765. The Kier molecular flexibility index (Phi) is 3.79. The van der Waals surface area contributed by atoms with Gasteiger partial charge in [-0.1, -0.05) is 35.2 Å². The summed E-state index contributed by atoms with van der Waals surface area (Å²) in [5, 5.41) is 8.31. The fourth-order valence-electron chi connectivity index (χ4n) is 1.88. The van der Waals surface area contributed by atoms with E-state index in [9.17, 15) is 4.79 Å². The standard InChI is InChI=1S/C15H15N3O2S/c1-17(13-7-3-2-4-8-13)15(19)20-18-12-14(11-16-18)21-9-5-6-10-21/h2-12,21H,1H3. The van der Waals surface area contributed by atoms with Crippen LogP contribution in [0.25, 0.3) is 0 Å². The van der Waals surface area contributed by atoms with E-state index in [1.165, 1.54) is 9.75 Å². The molecule has 0 N–H and O–H groups in total. The molecule has 0 radical (unpaired) electrons. The van der Waals surface area contributed by atoms with Gasteiger partial charge in [0.05, 0.1) is 12.4 Å². The number of carbonyl (C=O) groups is 1. The van der Waals surface area contributed by atoms with Crippen LogP contribution in [0.2, 0.25) is 0 Å². The molecule has 1 aliphatic heterocycles. The van der Waals surface area contributed by atoms with Crippen LogP contribution in [0.5, 0.6) is 0 Å². The normalized spacial score (nSPS) is 14.4. The number of hydrogen-bond acceptors (Lipinski definition) is 3. The molecular weight excluding hydrogens is 286 g/mol. The fraction of sp³-hybridized carbons (Fsp3) is 0.0667. The van der Waals surface area contributed by atoms with Gasteiger partial charge in [-0.05, 0) is 22.9 Å². The molecule has 5 nitrogen and oxygen atoms in total. The molecule has 0 saturated carbocycles. The Hall–Kier alpha value is -2.47. The van der Waals surface area contributed by atoms with Gasteiger partial charge < -0.3 is 0 Å². The number of amides is 1. The molecule has 0 fully saturated rings. The molecule has 1 aromatic heterocycles. The van der Waals surface area contributed by atoms with Crippen molar-refractivity contribution in [2.75, 3.05) is 11.9 Å². The molecule has 0 aliphatic carbocycles. The van der Waals surface area contributed by atoms with Gasteiger partial charge in [0, 0.05) is 17.6 Å². The zero-order chi connectivity index (χ0) is 14.7. The van der Waals surface area contributed by atoms with Gasteiger partial charge in [-0.25, -0.2) is 4.79 Å². The van der Waals surface area contributed by atoms with Crippen molar-refractivity contribution >= 4 is 22.7 Å². The summed E-state index contributed by atoms with van der Waals surface area (Å²) in [4.78, 5) is 21.0. The lowest BCUT2D eigenvalue weighted by Crippen LogP contribution is -2.34. The molecule has 1 aromatic carbocycles. The monoisotopic (exact) mass is 301 g/mol. The molecule has 0 atom stereocenters. The minimum absolute atomic E-state index is 0.453. The zero-order valence-electron chi connectivity index (χ0n) is 11.5. The van der Waals surface area contributed by atoms with Crippen molar-refractivity contribution in [3.8, 4) is 0 Å². The van der Waals surface area contributed by atoms with Gasteiger partial charge in [-0.3, -0.25) is 9.74 Å². The highest BCUT2D eigenvalue weighted by atomic mass is 32.2. The van der Waals surface area contributed by atoms with Crippen LogP contribution in [-0.4, -0.2) is 23.1 Å². The first-order valence-electron chi connectivity index (χ1n) is 6.43. The molecule has 3 rings (SSSR count). The van der Waals surface area contributed by atoms with Crippen molar-refractivity contribution in [2.24, 2.45) is 0 Å². The molecule has 0 bridgehead atoms. The maximum Gasteiger partial charge on any atom is 0.440 e. The number of thiol groups is 1. The third-order valence-corrected chi connectivity index (χ3v) is 4.85. The van der Waals surface area contributed by atoms with Crippen LogP contribution in [0.4, 0.5) is 10.5 Å². The Morgan fingerprint density at radius 3 is 2.67 bits per heavy atom. The van der Waals surface area contributed by atoms with Gasteiger partial charge in [-0.2, -0.15) is 10.9 Å². The second-order valence-electron chi connectivity index (χ2n) is 4.44. The van der Waals surface area contributed by atoms with Gasteiger partial charge in [0.1, 0.15) is 0 Å². The summed E-state index contributed by atoms with van der Waals surface area (Å²) >= 11 is 0. The SMILES string of the molecule is CN(C(=O)On1cc([SH]2C=CC=C2)cn1)c1ccccc1. The smallest absolute Gasteiger partial charge is 0.299 e. The zero-order valence-corrected chi connectivity index (χ0v) is 12.4. The highest BCUT2D eigenvalue weighted by Crippen LogP contribution is 2.41. The van der Waals surface area contributed by atoms with Crippen molar-refractivity contribution in [3.05, 3.63) is 65.7 Å². The van der Waals surface area contributed by atoms with Crippen LogP contribution in [-0.2, 0) is 0 Å². The number of rotatable bonds is 3. The van der Waals surface area contributed by atoms with E-state index in [1.807, 2.05) is 42.5 Å². The largest absolute Gasteiger partial charge is 0.440 e. The van der Waals surface area contributed by atoms with E-state index in [2.05, 4.69) is 15.9 Å². The van der Waals surface area contributed by atoms with Crippen molar-refractivity contribution < 1.29 is 9.63 Å². The van der Waals surface area contributed by atoms with Crippen LogP contribution in [0, 0.1) is 0 Å². The third kappa shape index (κ3) is 3.00. The highest BCUT2D eigenvalue weighted by Gasteiger charge is 2.14. The lowest BCUT2D eigenvalue weighted by molar-refractivity contribution is 0.123. The second-order valence-corrected chi connectivity index (χ2v) is 6.37. The van der Waals surface area contributed by atoms with Gasteiger partial charge in [0.15, 0.2) is 0 Å². The minimum Gasteiger partial charge on any atom is -0.299 e. The molecular formula is C15H15N3O2S. The minimum atomic E-state index is -0.485. The van der Waals surface area contributed by atoms with Gasteiger partial charge in [0.25, 0.3) is 0 Å². The number of nitrogens with zero attached hydrogens (tertiary/aromatic N) is 3. The number of anilines is 1. The number of carbonyl (C=O) groups excluding carboxylic acids is 1. The molecule has 108 valence electrons. The molecule has 2 aromatic rings. The van der Waals surface area contributed by atoms with Crippen LogP contribution >= 0.6 is 10.9 Å². The average molecular weight is 301 g/mol. The molecule has 21 heavy (non-hydrogen) atoms. The first kappa shape index (κ1) is 13.5. The Balaban J connectivity index is 1.67. The summed E-state index contributed by atoms with van der Waals surface area (Å²) < 4.78 is 0. The van der Waals surface area contributed by atoms with Crippen LogP contribution in [0.15, 0.2) is 70.6 Å². The molecule has 0 saturated heterocycles. The summed E-state index contributed by atoms with van der Waals surface area (Å²) in [7, 11) is 1.21. The summed E-state index contributed by atoms with van der Waals surface area (Å²) in [6, 6.07) is 9.31. The number of benzene rings is 1. The van der Waals surface area contributed by atoms with Crippen molar-refractivity contribution in [2.45, 2.75) is 4.90 Å². The average Bonchev–Trinajstić information content (AvgIpc) is 3.18. The highest BCUT2D eigenvalue weighted by molar-refractivity contribution is 8.22. The Morgan fingerprint density at radius 1 is 1.24 bits per heavy atom. The van der Waals surface area contributed by atoms with Gasteiger partial charge in [0.2, 0.25) is 0 Å². The summed E-state index contributed by atoms with van der Waals surface area (Å²) in [6.45, 7) is 0. The molecule has 1 aliphatic rings. The van der Waals surface area contributed by atoms with E-state index in [0.717, 1.165) is 10.6 Å². The first-order valence-corrected chi connectivity index (χ1v) is 7.91. The second kappa shape index (κ2) is 5.88. The van der Waals surface area contributed by atoms with Gasteiger partial charge in [-0.15, -0.1) is 5.10 Å². The van der Waals surface area contributed by atoms with Crippen molar-refractivity contribution in [3.63, 3.8) is 0 Å². The number of hydrogen-bond donors (Lipinski definition) is 1. The molecule has 0 spiro atoms. The number of para-hydroxylation sites is 1. The quantitative estimate of drug-likeness (QED) is 0.887. The lowest BCUT2D eigenvalue weighted by Gasteiger charge is -2.15. The van der Waals surface area contributed by atoms with Crippen molar-refractivity contribution in [1.29, 1.82) is 0 Å². The van der Waals surface area contributed by atoms with E-state index in [1.54, 1.807) is 19.4 Å². The Labute approximate surface area is 125 Å². The fourth-order valence-corrected chi connectivity index (χ4v) is 3.31. The van der Waals surface area contributed by atoms with E-state index < -0.39 is 17.0 Å².